The van der Waals surface area contributed by atoms with Crippen LogP contribution in [0.25, 0.3) is 0 Å². The van der Waals surface area contributed by atoms with Crippen LogP contribution in [-0.4, -0.2) is 31.2 Å². The molecule has 112 valence electrons. The van der Waals surface area contributed by atoms with E-state index in [-0.39, 0.29) is 0 Å². The fourth-order valence-electron chi connectivity index (χ4n) is 2.47. The van der Waals surface area contributed by atoms with E-state index >= 15 is 0 Å². The summed E-state index contributed by atoms with van der Waals surface area (Å²) in [5, 5.41) is 1.05. The molecular formula is C15H22Cl2N2O. The van der Waals surface area contributed by atoms with Gasteiger partial charge in [0.2, 0.25) is 0 Å². The Morgan fingerprint density at radius 3 is 2.45 bits per heavy atom. The topological polar surface area (TPSA) is 38.5 Å². The number of ether oxygens (including phenoxy) is 1. The van der Waals surface area contributed by atoms with E-state index in [1.165, 1.54) is 12.8 Å². The summed E-state index contributed by atoms with van der Waals surface area (Å²) in [5.41, 5.74) is 7.33. The molecule has 0 radical (unpaired) electrons. The lowest BCUT2D eigenvalue weighted by Crippen LogP contribution is -2.36. The molecule has 1 aliphatic rings. The van der Waals surface area contributed by atoms with Crippen molar-refractivity contribution >= 4 is 28.9 Å². The van der Waals surface area contributed by atoms with Gasteiger partial charge in [0.05, 0.1) is 22.3 Å². The third-order valence-corrected chi connectivity index (χ3v) is 4.61. The summed E-state index contributed by atoms with van der Waals surface area (Å²) < 4.78 is 5.21. The maximum absolute atomic E-state index is 6.11. The van der Waals surface area contributed by atoms with Gasteiger partial charge in [0.25, 0.3) is 0 Å². The van der Waals surface area contributed by atoms with Crippen molar-refractivity contribution in [3.8, 4) is 0 Å². The van der Waals surface area contributed by atoms with Gasteiger partial charge in [-0.1, -0.05) is 23.2 Å². The van der Waals surface area contributed by atoms with E-state index < -0.39 is 0 Å². The second-order valence-electron chi connectivity index (χ2n) is 5.51. The lowest BCUT2D eigenvalue weighted by Gasteiger charge is -2.29. The summed E-state index contributed by atoms with van der Waals surface area (Å²) in [6.07, 6.45) is 2.65. The van der Waals surface area contributed by atoms with E-state index in [0.717, 1.165) is 31.2 Å². The molecule has 0 spiro atoms. The Kier molecular flexibility index (Phi) is 5.56. The highest BCUT2D eigenvalue weighted by Gasteiger charge is 2.31. The van der Waals surface area contributed by atoms with Crippen LogP contribution in [-0.2, 0) is 11.3 Å². The minimum atomic E-state index is 0.454. The summed E-state index contributed by atoms with van der Waals surface area (Å²) in [6, 6.07) is 4.37. The average Bonchev–Trinajstić information content (AvgIpc) is 3.24. The van der Waals surface area contributed by atoms with Gasteiger partial charge in [-0.25, -0.2) is 0 Å². The van der Waals surface area contributed by atoms with Crippen molar-refractivity contribution in [2.45, 2.75) is 32.4 Å². The maximum Gasteiger partial charge on any atom is 0.0693 e. The van der Waals surface area contributed by atoms with Gasteiger partial charge in [0.1, 0.15) is 0 Å². The number of hydrogen-bond acceptors (Lipinski definition) is 3. The Balaban J connectivity index is 2.09. The van der Waals surface area contributed by atoms with Crippen molar-refractivity contribution in [1.29, 1.82) is 0 Å². The minimum absolute atomic E-state index is 0.454. The first-order valence-corrected chi connectivity index (χ1v) is 7.75. The number of halogens is 2. The van der Waals surface area contributed by atoms with E-state index in [9.17, 15) is 0 Å². The molecule has 1 unspecified atom stereocenters. The summed E-state index contributed by atoms with van der Waals surface area (Å²) in [5.74, 6) is 0.812. The summed E-state index contributed by atoms with van der Waals surface area (Å²) in [4.78, 5) is 2.43. The molecule has 0 bridgehead atoms. The molecule has 2 N–H and O–H groups in total. The Morgan fingerprint density at radius 2 is 1.95 bits per heavy atom. The van der Waals surface area contributed by atoms with Crippen molar-refractivity contribution < 1.29 is 4.74 Å². The van der Waals surface area contributed by atoms with Crippen molar-refractivity contribution in [1.82, 2.24) is 4.90 Å². The molecule has 0 aliphatic heterocycles. The molecule has 20 heavy (non-hydrogen) atoms. The van der Waals surface area contributed by atoms with E-state index in [1.807, 2.05) is 12.1 Å². The SMILES string of the molecule is COCCN(Cc1cc(Cl)c(N)c(Cl)c1)C(C)C1CC1. The van der Waals surface area contributed by atoms with Crippen LogP contribution in [0.1, 0.15) is 25.3 Å². The normalized spacial score (nSPS) is 16.6. The van der Waals surface area contributed by atoms with E-state index in [2.05, 4.69) is 11.8 Å². The molecule has 0 amide bonds. The molecule has 1 saturated carbocycles. The molecular weight excluding hydrogens is 295 g/mol. The number of methoxy groups -OCH3 is 1. The maximum atomic E-state index is 6.11. The second kappa shape index (κ2) is 6.99. The molecule has 1 aromatic rings. The van der Waals surface area contributed by atoms with Crippen LogP contribution in [0.15, 0.2) is 12.1 Å². The fourth-order valence-corrected chi connectivity index (χ4v) is 3.01. The predicted molar refractivity (Wildman–Crippen MR) is 85.3 cm³/mol. The van der Waals surface area contributed by atoms with Crippen LogP contribution in [0.5, 0.6) is 0 Å². The molecule has 1 fully saturated rings. The molecule has 1 aromatic carbocycles. The Bertz CT molecular complexity index is 440. The fraction of sp³-hybridized carbons (Fsp3) is 0.600. The van der Waals surface area contributed by atoms with Gasteiger partial charge >= 0.3 is 0 Å². The van der Waals surface area contributed by atoms with Gasteiger partial charge in [-0.2, -0.15) is 0 Å². The Morgan fingerprint density at radius 1 is 1.35 bits per heavy atom. The van der Waals surface area contributed by atoms with E-state index in [4.69, 9.17) is 33.7 Å². The van der Waals surface area contributed by atoms with Crippen molar-refractivity contribution in [2.75, 3.05) is 26.0 Å². The lowest BCUT2D eigenvalue weighted by atomic mass is 10.1. The van der Waals surface area contributed by atoms with Crippen LogP contribution >= 0.6 is 23.2 Å². The highest BCUT2D eigenvalue weighted by atomic mass is 35.5. The van der Waals surface area contributed by atoms with Crippen molar-refractivity contribution in [3.63, 3.8) is 0 Å². The monoisotopic (exact) mass is 316 g/mol. The van der Waals surface area contributed by atoms with Crippen LogP contribution in [0.4, 0.5) is 5.69 Å². The number of nitrogens with two attached hydrogens (primary N) is 1. The molecule has 0 aromatic heterocycles. The molecule has 0 heterocycles. The van der Waals surface area contributed by atoms with Gasteiger partial charge < -0.3 is 10.5 Å². The second-order valence-corrected chi connectivity index (χ2v) is 6.33. The zero-order valence-electron chi connectivity index (χ0n) is 12.0. The number of rotatable bonds is 7. The third-order valence-electron chi connectivity index (χ3n) is 3.99. The van der Waals surface area contributed by atoms with Gasteiger partial charge in [-0.05, 0) is 43.4 Å². The van der Waals surface area contributed by atoms with Crippen LogP contribution in [0, 0.1) is 5.92 Å². The minimum Gasteiger partial charge on any atom is -0.396 e. The smallest absolute Gasteiger partial charge is 0.0693 e. The Labute approximate surface area is 131 Å². The summed E-state index contributed by atoms with van der Waals surface area (Å²) in [6.45, 7) is 4.75. The van der Waals surface area contributed by atoms with Gasteiger partial charge in [-0.15, -0.1) is 0 Å². The molecule has 1 aliphatic carbocycles. The summed E-state index contributed by atoms with van der Waals surface area (Å²) >= 11 is 12.2. The third kappa shape index (κ3) is 4.01. The molecule has 1 atom stereocenters. The van der Waals surface area contributed by atoms with Gasteiger partial charge in [0, 0.05) is 26.2 Å². The number of hydrogen-bond donors (Lipinski definition) is 1. The number of nitrogens with zero attached hydrogens (tertiary/aromatic N) is 1. The van der Waals surface area contributed by atoms with Crippen LogP contribution < -0.4 is 5.73 Å². The van der Waals surface area contributed by atoms with E-state index in [0.29, 0.717) is 21.8 Å². The number of anilines is 1. The standard InChI is InChI=1S/C15H22Cl2N2O/c1-10(12-3-4-12)19(5-6-20-2)9-11-7-13(16)15(18)14(17)8-11/h7-8,10,12H,3-6,9,18H2,1-2H3. The van der Waals surface area contributed by atoms with E-state index in [1.54, 1.807) is 7.11 Å². The largest absolute Gasteiger partial charge is 0.396 e. The first kappa shape index (κ1) is 15.9. The van der Waals surface area contributed by atoms with Crippen LogP contribution in [0.3, 0.4) is 0 Å². The molecule has 0 saturated heterocycles. The average molecular weight is 317 g/mol. The number of benzene rings is 1. The first-order chi connectivity index (χ1) is 9.52. The summed E-state index contributed by atoms with van der Waals surface area (Å²) in [7, 11) is 1.73. The van der Waals surface area contributed by atoms with Crippen molar-refractivity contribution in [2.24, 2.45) is 5.92 Å². The van der Waals surface area contributed by atoms with Gasteiger partial charge in [-0.3, -0.25) is 4.90 Å². The zero-order valence-corrected chi connectivity index (χ0v) is 13.5. The zero-order chi connectivity index (χ0) is 14.7. The Hall–Kier alpha value is -0.480. The highest BCUT2D eigenvalue weighted by molar-refractivity contribution is 6.38. The predicted octanol–water partition coefficient (Wildman–Crippen LogP) is 3.82. The molecule has 5 heteroatoms. The quantitative estimate of drug-likeness (QED) is 0.777. The van der Waals surface area contributed by atoms with Crippen LogP contribution in [0.2, 0.25) is 10.0 Å². The highest BCUT2D eigenvalue weighted by Crippen LogP contribution is 2.36. The molecule has 2 rings (SSSR count). The number of nitrogen functional groups attached to an aromatic ring is 1. The van der Waals surface area contributed by atoms with Crippen molar-refractivity contribution in [3.05, 3.63) is 27.7 Å². The lowest BCUT2D eigenvalue weighted by molar-refractivity contribution is 0.111. The molecule has 3 nitrogen and oxygen atoms in total. The van der Waals surface area contributed by atoms with Gasteiger partial charge in [0.15, 0.2) is 0 Å². The first-order valence-electron chi connectivity index (χ1n) is 6.99.